The molecule has 0 aromatic heterocycles. The van der Waals surface area contributed by atoms with E-state index in [4.69, 9.17) is 9.47 Å². The van der Waals surface area contributed by atoms with Crippen LogP contribution in [0, 0.1) is 26.7 Å². The fraction of sp³-hybridized carbons (Fsp3) is 0.440. The van der Waals surface area contributed by atoms with Gasteiger partial charge in [-0.15, -0.1) is 0 Å². The molecule has 3 rings (SSSR count). The fourth-order valence-corrected chi connectivity index (χ4v) is 3.85. The second-order valence-electron chi connectivity index (χ2n) is 7.97. The van der Waals surface area contributed by atoms with Crippen LogP contribution < -0.4 is 9.47 Å². The molecule has 0 bridgehead atoms. The third-order valence-corrected chi connectivity index (χ3v) is 5.78. The van der Waals surface area contributed by atoms with Gasteiger partial charge in [0, 0.05) is 18.4 Å². The van der Waals surface area contributed by atoms with Crippen LogP contribution in [0.15, 0.2) is 42.5 Å². The second-order valence-corrected chi connectivity index (χ2v) is 7.97. The van der Waals surface area contributed by atoms with E-state index in [-0.39, 0.29) is 5.92 Å². The van der Waals surface area contributed by atoms with Gasteiger partial charge in [-0.3, -0.25) is 0 Å². The maximum Gasteiger partial charge on any atom is 0.211 e. The first-order valence-corrected chi connectivity index (χ1v) is 10.2. The fourth-order valence-electron chi connectivity index (χ4n) is 3.85. The van der Waals surface area contributed by atoms with Gasteiger partial charge < -0.3 is 14.6 Å². The number of unbranched alkanes of at least 4 members (excludes halogenated alkanes) is 1. The molecule has 1 aliphatic rings. The standard InChI is InChI=1S/C25H32O3/c1-6-7-9-14-21-15-22-19(4)23(27-16-20-12-10-8-11-13-20)17(2)18(3)24(22)28-25(21,5)26/h8-14,21,26H,6-7,15-16H2,1-5H3/t21?,25-/m0/s1. The highest BCUT2D eigenvalue weighted by atomic mass is 16.6. The number of fused-ring (bicyclic) bond motifs is 1. The van der Waals surface area contributed by atoms with Gasteiger partial charge in [-0.1, -0.05) is 55.8 Å². The molecular weight excluding hydrogens is 348 g/mol. The Kier molecular flexibility index (Phi) is 6.14. The molecule has 2 aromatic rings. The van der Waals surface area contributed by atoms with Crippen LogP contribution in [0.2, 0.25) is 0 Å². The zero-order chi connectivity index (χ0) is 20.3. The van der Waals surface area contributed by atoms with Gasteiger partial charge in [-0.25, -0.2) is 0 Å². The molecule has 1 unspecified atom stereocenters. The van der Waals surface area contributed by atoms with Crippen molar-refractivity contribution in [3.8, 4) is 11.5 Å². The van der Waals surface area contributed by atoms with E-state index in [1.807, 2.05) is 25.1 Å². The van der Waals surface area contributed by atoms with Crippen LogP contribution in [0.3, 0.4) is 0 Å². The minimum Gasteiger partial charge on any atom is -0.488 e. The number of aliphatic hydroxyl groups is 1. The zero-order valence-electron chi connectivity index (χ0n) is 17.7. The van der Waals surface area contributed by atoms with Gasteiger partial charge in [0.05, 0.1) is 0 Å². The lowest BCUT2D eigenvalue weighted by molar-refractivity contribution is -0.159. The molecule has 0 amide bonds. The Bertz CT molecular complexity index is 850. The third kappa shape index (κ3) is 4.10. The number of benzene rings is 2. The minimum absolute atomic E-state index is 0.0747. The number of ether oxygens (including phenoxy) is 2. The highest BCUT2D eigenvalue weighted by molar-refractivity contribution is 5.59. The minimum atomic E-state index is -1.20. The quantitative estimate of drug-likeness (QED) is 0.643. The first-order valence-electron chi connectivity index (χ1n) is 10.2. The molecule has 0 spiro atoms. The van der Waals surface area contributed by atoms with E-state index < -0.39 is 5.79 Å². The van der Waals surface area contributed by atoms with Crippen LogP contribution in [0.25, 0.3) is 0 Å². The monoisotopic (exact) mass is 380 g/mol. The van der Waals surface area contributed by atoms with Gasteiger partial charge in [0.15, 0.2) is 0 Å². The average molecular weight is 381 g/mol. The first kappa shape index (κ1) is 20.5. The van der Waals surface area contributed by atoms with Crippen LogP contribution in [0.4, 0.5) is 0 Å². The smallest absolute Gasteiger partial charge is 0.211 e. The molecule has 0 aliphatic carbocycles. The molecule has 1 N–H and O–H groups in total. The molecule has 150 valence electrons. The first-order chi connectivity index (χ1) is 13.3. The van der Waals surface area contributed by atoms with Crippen molar-refractivity contribution < 1.29 is 14.6 Å². The van der Waals surface area contributed by atoms with E-state index >= 15 is 0 Å². The van der Waals surface area contributed by atoms with E-state index in [2.05, 4.69) is 45.1 Å². The summed E-state index contributed by atoms with van der Waals surface area (Å²) in [6, 6.07) is 10.2. The highest BCUT2D eigenvalue weighted by Gasteiger charge is 2.40. The Morgan fingerprint density at radius 3 is 2.54 bits per heavy atom. The van der Waals surface area contributed by atoms with Crippen LogP contribution in [0.5, 0.6) is 11.5 Å². The van der Waals surface area contributed by atoms with E-state index in [0.29, 0.717) is 6.61 Å². The summed E-state index contributed by atoms with van der Waals surface area (Å²) < 4.78 is 12.4. The third-order valence-electron chi connectivity index (χ3n) is 5.78. The predicted octanol–water partition coefficient (Wildman–Crippen LogP) is 5.81. The zero-order valence-corrected chi connectivity index (χ0v) is 17.7. The van der Waals surface area contributed by atoms with E-state index in [0.717, 1.165) is 58.6 Å². The lowest BCUT2D eigenvalue weighted by Crippen LogP contribution is -2.44. The van der Waals surface area contributed by atoms with Crippen molar-refractivity contribution in [1.82, 2.24) is 0 Å². The molecule has 2 aromatic carbocycles. The van der Waals surface area contributed by atoms with Crippen molar-refractivity contribution >= 4 is 0 Å². The van der Waals surface area contributed by atoms with Crippen molar-refractivity contribution in [2.75, 3.05) is 0 Å². The van der Waals surface area contributed by atoms with Crippen LogP contribution in [-0.2, 0) is 13.0 Å². The summed E-state index contributed by atoms with van der Waals surface area (Å²) in [5.74, 6) is 0.468. The Labute approximate surface area is 169 Å². The van der Waals surface area contributed by atoms with Gasteiger partial charge in [-0.2, -0.15) is 0 Å². The summed E-state index contributed by atoms with van der Waals surface area (Å²) in [5.41, 5.74) is 5.52. The maximum atomic E-state index is 10.9. The lowest BCUT2D eigenvalue weighted by Gasteiger charge is -2.39. The predicted molar refractivity (Wildman–Crippen MR) is 114 cm³/mol. The molecule has 3 nitrogen and oxygen atoms in total. The summed E-state index contributed by atoms with van der Waals surface area (Å²) in [4.78, 5) is 0. The van der Waals surface area contributed by atoms with Crippen molar-refractivity contribution in [2.45, 2.75) is 66.3 Å². The van der Waals surface area contributed by atoms with Crippen molar-refractivity contribution in [1.29, 1.82) is 0 Å². The van der Waals surface area contributed by atoms with Crippen LogP contribution in [0.1, 0.15) is 54.5 Å². The molecule has 1 heterocycles. The Morgan fingerprint density at radius 1 is 1.14 bits per heavy atom. The number of hydrogen-bond donors (Lipinski definition) is 1. The highest BCUT2D eigenvalue weighted by Crippen LogP contribution is 2.45. The van der Waals surface area contributed by atoms with Gasteiger partial charge in [0.25, 0.3) is 0 Å². The van der Waals surface area contributed by atoms with Crippen molar-refractivity contribution in [3.05, 3.63) is 70.3 Å². The molecule has 3 heteroatoms. The SMILES string of the molecule is CCCC=CC1Cc2c(C)c(OCc3ccccc3)c(C)c(C)c2O[C@]1(C)O. The molecule has 0 radical (unpaired) electrons. The Morgan fingerprint density at radius 2 is 1.86 bits per heavy atom. The Hall–Kier alpha value is -2.26. The van der Waals surface area contributed by atoms with Gasteiger partial charge in [-0.05, 0) is 55.9 Å². The molecule has 28 heavy (non-hydrogen) atoms. The molecule has 2 atom stereocenters. The Balaban J connectivity index is 1.94. The molecule has 1 aliphatic heterocycles. The summed E-state index contributed by atoms with van der Waals surface area (Å²) in [7, 11) is 0. The number of rotatable bonds is 6. The normalized spacial score (nSPS) is 21.4. The summed E-state index contributed by atoms with van der Waals surface area (Å²) in [6.07, 6.45) is 7.11. The molecule has 0 fully saturated rings. The van der Waals surface area contributed by atoms with E-state index in [9.17, 15) is 5.11 Å². The van der Waals surface area contributed by atoms with Crippen LogP contribution >= 0.6 is 0 Å². The summed E-state index contributed by atoms with van der Waals surface area (Å²) in [6.45, 7) is 10.7. The van der Waals surface area contributed by atoms with Gasteiger partial charge in [0.1, 0.15) is 18.1 Å². The summed E-state index contributed by atoms with van der Waals surface area (Å²) in [5, 5.41) is 10.9. The molecular formula is C25H32O3. The number of allylic oxidation sites excluding steroid dienone is 1. The lowest BCUT2D eigenvalue weighted by atomic mass is 9.84. The largest absolute Gasteiger partial charge is 0.488 e. The van der Waals surface area contributed by atoms with Gasteiger partial charge in [0.2, 0.25) is 5.79 Å². The van der Waals surface area contributed by atoms with Crippen molar-refractivity contribution in [2.24, 2.45) is 5.92 Å². The van der Waals surface area contributed by atoms with Crippen LogP contribution in [-0.4, -0.2) is 10.9 Å². The molecule has 0 saturated carbocycles. The van der Waals surface area contributed by atoms with E-state index in [1.165, 1.54) is 0 Å². The molecule has 0 saturated heterocycles. The van der Waals surface area contributed by atoms with E-state index in [1.54, 1.807) is 6.92 Å². The second kappa shape index (κ2) is 8.40. The van der Waals surface area contributed by atoms with Crippen molar-refractivity contribution in [3.63, 3.8) is 0 Å². The maximum absolute atomic E-state index is 10.9. The van der Waals surface area contributed by atoms with Gasteiger partial charge >= 0.3 is 0 Å². The topological polar surface area (TPSA) is 38.7 Å². The average Bonchev–Trinajstić information content (AvgIpc) is 2.68. The summed E-state index contributed by atoms with van der Waals surface area (Å²) >= 11 is 0. The number of hydrogen-bond acceptors (Lipinski definition) is 3.